The summed E-state index contributed by atoms with van der Waals surface area (Å²) in [5.74, 6) is 0.272. The van der Waals surface area contributed by atoms with E-state index in [2.05, 4.69) is 50.1 Å². The molecule has 0 aliphatic heterocycles. The van der Waals surface area contributed by atoms with Gasteiger partial charge in [0.2, 0.25) is 0 Å². The van der Waals surface area contributed by atoms with Crippen molar-refractivity contribution in [2.45, 2.75) is 39.3 Å². The summed E-state index contributed by atoms with van der Waals surface area (Å²) in [5, 5.41) is 7.39. The molecule has 0 aromatic heterocycles. The van der Waals surface area contributed by atoms with Gasteiger partial charge in [-0.25, -0.2) is 0 Å². The van der Waals surface area contributed by atoms with E-state index in [1.54, 1.807) is 0 Å². The van der Waals surface area contributed by atoms with Crippen LogP contribution in [0.4, 0.5) is 0 Å². The average Bonchev–Trinajstić information content (AvgIpc) is 2.28. The fourth-order valence-corrected chi connectivity index (χ4v) is 2.05. The molecule has 0 saturated heterocycles. The lowest BCUT2D eigenvalue weighted by Gasteiger charge is -2.27. The summed E-state index contributed by atoms with van der Waals surface area (Å²) in [7, 11) is 2.10. The van der Waals surface area contributed by atoms with Crippen molar-refractivity contribution in [3.63, 3.8) is 0 Å². The molecule has 0 spiro atoms. The molecule has 3 heteroatoms. The van der Waals surface area contributed by atoms with E-state index < -0.39 is 0 Å². The molecule has 17 heavy (non-hydrogen) atoms. The lowest BCUT2D eigenvalue weighted by molar-refractivity contribution is 0.232. The molecule has 1 unspecified atom stereocenters. The van der Waals surface area contributed by atoms with Gasteiger partial charge in [0.1, 0.15) is 0 Å². The van der Waals surface area contributed by atoms with Gasteiger partial charge in [-0.3, -0.25) is 10.3 Å². The number of rotatable bonds is 6. The van der Waals surface area contributed by atoms with Crippen LogP contribution in [0, 0.1) is 12.3 Å². The van der Waals surface area contributed by atoms with Crippen LogP contribution in [0.2, 0.25) is 0 Å². The zero-order chi connectivity index (χ0) is 12.8. The van der Waals surface area contributed by atoms with E-state index in [0.29, 0.717) is 12.5 Å². The minimum Gasteiger partial charge on any atom is -0.388 e. The minimum absolute atomic E-state index is 0.272. The summed E-state index contributed by atoms with van der Waals surface area (Å²) in [4.78, 5) is 2.28. The largest absolute Gasteiger partial charge is 0.388 e. The van der Waals surface area contributed by atoms with Crippen molar-refractivity contribution in [3.05, 3.63) is 35.4 Å². The molecule has 0 bridgehead atoms. The monoisotopic (exact) mass is 233 g/mol. The zero-order valence-corrected chi connectivity index (χ0v) is 11.0. The quantitative estimate of drug-likeness (QED) is 0.586. The van der Waals surface area contributed by atoms with Gasteiger partial charge in [0, 0.05) is 19.0 Å². The number of nitrogens with two attached hydrogens (primary N) is 1. The van der Waals surface area contributed by atoms with Crippen molar-refractivity contribution in [1.29, 1.82) is 5.41 Å². The highest BCUT2D eigenvalue weighted by Crippen LogP contribution is 2.14. The second-order valence-electron chi connectivity index (χ2n) is 4.63. The molecule has 3 nitrogen and oxygen atoms in total. The predicted octanol–water partition coefficient (Wildman–Crippen LogP) is 2.53. The van der Waals surface area contributed by atoms with Crippen LogP contribution in [0.5, 0.6) is 0 Å². The summed E-state index contributed by atoms with van der Waals surface area (Å²) in [5.41, 5.74) is 8.15. The van der Waals surface area contributed by atoms with Gasteiger partial charge < -0.3 is 5.73 Å². The van der Waals surface area contributed by atoms with Gasteiger partial charge in [-0.1, -0.05) is 31.2 Å². The van der Waals surface area contributed by atoms with E-state index in [0.717, 1.165) is 13.0 Å². The van der Waals surface area contributed by atoms with E-state index in [1.165, 1.54) is 11.1 Å². The Bertz CT molecular complexity index is 373. The predicted molar refractivity (Wildman–Crippen MR) is 73.3 cm³/mol. The van der Waals surface area contributed by atoms with Crippen LogP contribution in [0.1, 0.15) is 30.9 Å². The lowest BCUT2D eigenvalue weighted by atomic mass is 10.1. The van der Waals surface area contributed by atoms with Gasteiger partial charge >= 0.3 is 0 Å². The highest BCUT2D eigenvalue weighted by atomic mass is 15.1. The number of amidine groups is 1. The molecule has 0 saturated carbocycles. The second-order valence-corrected chi connectivity index (χ2v) is 4.63. The van der Waals surface area contributed by atoms with Gasteiger partial charge in [0.05, 0.1) is 5.84 Å². The third-order valence-electron chi connectivity index (χ3n) is 3.23. The molecule has 1 aromatic rings. The molecule has 0 amide bonds. The third kappa shape index (κ3) is 4.19. The van der Waals surface area contributed by atoms with Crippen molar-refractivity contribution in [2.75, 3.05) is 7.05 Å². The molecule has 0 fully saturated rings. The molecule has 0 aliphatic rings. The maximum absolute atomic E-state index is 7.39. The molecule has 94 valence electrons. The summed E-state index contributed by atoms with van der Waals surface area (Å²) < 4.78 is 0. The molecule has 0 aliphatic carbocycles. The van der Waals surface area contributed by atoms with Crippen LogP contribution in [-0.2, 0) is 6.54 Å². The first-order valence-corrected chi connectivity index (χ1v) is 6.12. The van der Waals surface area contributed by atoms with Gasteiger partial charge in [0.25, 0.3) is 0 Å². The third-order valence-corrected chi connectivity index (χ3v) is 3.23. The summed E-state index contributed by atoms with van der Waals surface area (Å²) in [6.07, 6.45) is 1.67. The van der Waals surface area contributed by atoms with Gasteiger partial charge in [0.15, 0.2) is 0 Å². The molecule has 1 aromatic carbocycles. The number of hydrogen-bond donors (Lipinski definition) is 2. The Balaban J connectivity index is 2.67. The number of benzene rings is 1. The minimum atomic E-state index is 0.272. The Morgan fingerprint density at radius 2 is 2.06 bits per heavy atom. The molecular formula is C14H23N3. The van der Waals surface area contributed by atoms with E-state index >= 15 is 0 Å². The van der Waals surface area contributed by atoms with Crippen LogP contribution < -0.4 is 5.73 Å². The van der Waals surface area contributed by atoms with Crippen molar-refractivity contribution in [1.82, 2.24) is 4.90 Å². The Morgan fingerprint density at radius 3 is 2.59 bits per heavy atom. The number of aryl methyl sites for hydroxylation is 1. The van der Waals surface area contributed by atoms with Crippen molar-refractivity contribution in [3.8, 4) is 0 Å². The smallest absolute Gasteiger partial charge is 0.0921 e. The van der Waals surface area contributed by atoms with Crippen LogP contribution in [0.15, 0.2) is 24.3 Å². The Kier molecular flexibility index (Phi) is 5.16. The van der Waals surface area contributed by atoms with E-state index in [4.69, 9.17) is 11.1 Å². The van der Waals surface area contributed by atoms with Crippen LogP contribution in [0.3, 0.4) is 0 Å². The standard InChI is InChI=1S/C14H23N3/c1-4-13(9-14(15)16)17(3)10-12-8-6-5-7-11(12)2/h5-8,13H,4,9-10H2,1-3H3,(H3,15,16). The van der Waals surface area contributed by atoms with Crippen LogP contribution in [0.25, 0.3) is 0 Å². The molecule has 0 radical (unpaired) electrons. The Morgan fingerprint density at radius 1 is 1.41 bits per heavy atom. The first kappa shape index (κ1) is 13.7. The molecule has 1 rings (SSSR count). The maximum Gasteiger partial charge on any atom is 0.0921 e. The van der Waals surface area contributed by atoms with Crippen molar-refractivity contribution < 1.29 is 0 Å². The van der Waals surface area contributed by atoms with Crippen LogP contribution >= 0.6 is 0 Å². The van der Waals surface area contributed by atoms with E-state index in [1.807, 2.05) is 0 Å². The SMILES string of the molecule is CCC(CC(=N)N)N(C)Cc1ccccc1C. The fourth-order valence-electron chi connectivity index (χ4n) is 2.05. The average molecular weight is 233 g/mol. The number of nitrogens with one attached hydrogen (secondary N) is 1. The summed E-state index contributed by atoms with van der Waals surface area (Å²) in [6.45, 7) is 5.19. The molecule has 3 N–H and O–H groups in total. The highest BCUT2D eigenvalue weighted by Gasteiger charge is 2.14. The number of hydrogen-bond acceptors (Lipinski definition) is 2. The fraction of sp³-hybridized carbons (Fsp3) is 0.500. The molecular weight excluding hydrogens is 210 g/mol. The lowest BCUT2D eigenvalue weighted by Crippen LogP contribution is -2.34. The summed E-state index contributed by atoms with van der Waals surface area (Å²) in [6, 6.07) is 8.78. The first-order valence-electron chi connectivity index (χ1n) is 6.12. The second kappa shape index (κ2) is 6.40. The van der Waals surface area contributed by atoms with E-state index in [9.17, 15) is 0 Å². The van der Waals surface area contributed by atoms with Crippen LogP contribution in [-0.4, -0.2) is 23.8 Å². The van der Waals surface area contributed by atoms with Gasteiger partial charge in [-0.2, -0.15) is 0 Å². The molecule has 1 atom stereocenters. The highest BCUT2D eigenvalue weighted by molar-refractivity contribution is 5.77. The topological polar surface area (TPSA) is 53.1 Å². The normalized spacial score (nSPS) is 12.7. The summed E-state index contributed by atoms with van der Waals surface area (Å²) >= 11 is 0. The van der Waals surface area contributed by atoms with Crippen molar-refractivity contribution in [2.24, 2.45) is 5.73 Å². The maximum atomic E-state index is 7.39. The Hall–Kier alpha value is -1.35. The van der Waals surface area contributed by atoms with Gasteiger partial charge in [-0.15, -0.1) is 0 Å². The van der Waals surface area contributed by atoms with E-state index in [-0.39, 0.29) is 5.84 Å². The Labute approximate surface area is 104 Å². The number of nitrogens with zero attached hydrogens (tertiary/aromatic N) is 1. The van der Waals surface area contributed by atoms with Gasteiger partial charge in [-0.05, 0) is 31.5 Å². The van der Waals surface area contributed by atoms with Crippen molar-refractivity contribution >= 4 is 5.84 Å². The first-order chi connectivity index (χ1) is 8.04. The molecule has 0 heterocycles. The zero-order valence-electron chi connectivity index (χ0n) is 11.0.